The SMILES string of the molecule is CC1CC2(C)CCC(C2)C12c1ccccc1-c1ccc(-c3ccc(-n4c5ccccc5c5cc(-c6cccc(C7=C(Nc8ccc(-c9ccccc9)cc8)CCC=C7)c6)ccc54)cc3)cc12. The van der Waals surface area contributed by atoms with Crippen molar-refractivity contribution in [1.29, 1.82) is 0 Å². The summed E-state index contributed by atoms with van der Waals surface area (Å²) in [6.45, 7) is 5.11. The summed E-state index contributed by atoms with van der Waals surface area (Å²) in [5.41, 5.74) is 22.6. The van der Waals surface area contributed by atoms with E-state index >= 15 is 0 Å². The molecule has 1 heterocycles. The van der Waals surface area contributed by atoms with Gasteiger partial charge in [0.05, 0.1) is 11.0 Å². The summed E-state index contributed by atoms with van der Waals surface area (Å²) in [6.07, 6.45) is 12.0. The maximum atomic E-state index is 3.80. The molecule has 4 aliphatic rings. The number of allylic oxidation sites excluding steroid dienone is 4. The summed E-state index contributed by atoms with van der Waals surface area (Å²) in [4.78, 5) is 0. The van der Waals surface area contributed by atoms with Crippen molar-refractivity contribution in [2.75, 3.05) is 5.32 Å². The first kappa shape index (κ1) is 39.2. The molecular weight excluding hydrogens is 797 g/mol. The maximum absolute atomic E-state index is 3.80. The summed E-state index contributed by atoms with van der Waals surface area (Å²) < 4.78 is 2.45. The van der Waals surface area contributed by atoms with Gasteiger partial charge in [0.25, 0.3) is 0 Å². The van der Waals surface area contributed by atoms with Gasteiger partial charge in [-0.1, -0.05) is 159 Å². The van der Waals surface area contributed by atoms with Crippen LogP contribution < -0.4 is 5.32 Å². The predicted molar refractivity (Wildman–Crippen MR) is 278 cm³/mol. The topological polar surface area (TPSA) is 17.0 Å². The van der Waals surface area contributed by atoms with Gasteiger partial charge in [0.2, 0.25) is 0 Å². The molecule has 4 unspecified atom stereocenters. The number of hydrogen-bond donors (Lipinski definition) is 1. The van der Waals surface area contributed by atoms with Crippen molar-refractivity contribution in [1.82, 2.24) is 4.57 Å². The minimum Gasteiger partial charge on any atom is -0.358 e. The van der Waals surface area contributed by atoms with Gasteiger partial charge >= 0.3 is 0 Å². The van der Waals surface area contributed by atoms with Crippen molar-refractivity contribution in [2.24, 2.45) is 17.3 Å². The Labute approximate surface area is 389 Å². The summed E-state index contributed by atoms with van der Waals surface area (Å²) >= 11 is 0. The summed E-state index contributed by atoms with van der Waals surface area (Å²) in [7, 11) is 0. The molecule has 9 aromatic rings. The van der Waals surface area contributed by atoms with Gasteiger partial charge in [0.1, 0.15) is 0 Å². The molecule has 2 saturated carbocycles. The Morgan fingerprint density at radius 2 is 1.18 bits per heavy atom. The number of aromatic nitrogens is 1. The van der Waals surface area contributed by atoms with Gasteiger partial charge in [-0.2, -0.15) is 0 Å². The fourth-order valence-electron chi connectivity index (χ4n) is 13.4. The standard InChI is InChI=1S/C64H54N2/c1-42-40-63(2)36-35-50(41-63)64(42)58-20-9-6-18-54(58)55-33-27-48(39-59(55)64)45-25-31-52(32-26-45)66-61-22-11-8-19-56(61)57-38-47(28-34-62(57)66)46-15-12-16-49(37-46)53-17-7-10-21-60(53)65-51-29-23-44(24-30-51)43-13-4-3-5-14-43/h3-9,11-20,22-34,37-39,42,50,65H,10,21,35-36,40-41H2,1-2H3. The zero-order valence-electron chi connectivity index (χ0n) is 37.9. The highest BCUT2D eigenvalue weighted by molar-refractivity contribution is 6.10. The molecule has 1 spiro atoms. The van der Waals surface area contributed by atoms with Gasteiger partial charge in [0.15, 0.2) is 0 Å². The smallest absolute Gasteiger partial charge is 0.0541 e. The van der Waals surface area contributed by atoms with Crippen molar-refractivity contribution < 1.29 is 0 Å². The average Bonchev–Trinajstić information content (AvgIpc) is 3.99. The Balaban J connectivity index is 0.825. The van der Waals surface area contributed by atoms with Gasteiger partial charge < -0.3 is 9.88 Å². The molecular formula is C64H54N2. The van der Waals surface area contributed by atoms with Crippen LogP contribution in [0.3, 0.4) is 0 Å². The Bertz CT molecular complexity index is 3420. The highest BCUT2D eigenvalue weighted by Gasteiger charge is 2.59. The van der Waals surface area contributed by atoms with Crippen LogP contribution >= 0.6 is 0 Å². The highest BCUT2D eigenvalue weighted by Crippen LogP contribution is 2.68. The number of fused-ring (bicyclic) bond motifs is 11. The fraction of sp³-hybridized carbons (Fsp3) is 0.188. The molecule has 4 atom stereocenters. The van der Waals surface area contributed by atoms with Crippen LogP contribution in [0.2, 0.25) is 0 Å². The largest absolute Gasteiger partial charge is 0.358 e. The minimum atomic E-state index is 0.0992. The van der Waals surface area contributed by atoms with E-state index in [-0.39, 0.29) is 5.41 Å². The van der Waals surface area contributed by atoms with Crippen molar-refractivity contribution in [3.63, 3.8) is 0 Å². The van der Waals surface area contributed by atoms with Gasteiger partial charge in [-0.3, -0.25) is 0 Å². The van der Waals surface area contributed by atoms with Crippen LogP contribution in [0, 0.1) is 17.3 Å². The molecule has 8 aromatic carbocycles. The second-order valence-electron chi connectivity index (χ2n) is 20.1. The lowest BCUT2D eigenvalue weighted by Gasteiger charge is -2.49. The first-order chi connectivity index (χ1) is 32.4. The molecule has 0 amide bonds. The molecule has 1 aromatic heterocycles. The Hall–Kier alpha value is -7.16. The van der Waals surface area contributed by atoms with Crippen molar-refractivity contribution in [3.05, 3.63) is 223 Å². The number of anilines is 1. The van der Waals surface area contributed by atoms with Crippen LogP contribution in [-0.4, -0.2) is 4.57 Å². The van der Waals surface area contributed by atoms with Crippen molar-refractivity contribution in [3.8, 4) is 50.2 Å². The highest BCUT2D eigenvalue weighted by atomic mass is 15.0. The van der Waals surface area contributed by atoms with Crippen LogP contribution in [-0.2, 0) is 5.41 Å². The van der Waals surface area contributed by atoms with Crippen molar-refractivity contribution in [2.45, 2.75) is 57.8 Å². The number of nitrogens with zero attached hydrogens (tertiary/aromatic N) is 1. The zero-order chi connectivity index (χ0) is 44.0. The van der Waals surface area contributed by atoms with E-state index in [1.165, 1.54) is 115 Å². The van der Waals surface area contributed by atoms with Crippen LogP contribution in [0.15, 0.2) is 206 Å². The summed E-state index contributed by atoms with van der Waals surface area (Å²) in [6, 6.07) is 70.5. The molecule has 2 bridgehead atoms. The molecule has 0 aliphatic heterocycles. The maximum Gasteiger partial charge on any atom is 0.0541 e. The third-order valence-electron chi connectivity index (χ3n) is 16.3. The molecule has 2 nitrogen and oxygen atoms in total. The van der Waals surface area contributed by atoms with Gasteiger partial charge in [0, 0.05) is 38.8 Å². The molecule has 0 radical (unpaired) electrons. The van der Waals surface area contributed by atoms with Crippen molar-refractivity contribution >= 4 is 33.1 Å². The second kappa shape index (κ2) is 15.2. The fourth-order valence-corrected chi connectivity index (χ4v) is 13.4. The van der Waals surface area contributed by atoms with Gasteiger partial charge in [-0.25, -0.2) is 0 Å². The summed E-state index contributed by atoms with van der Waals surface area (Å²) in [5.74, 6) is 1.31. The number of benzene rings is 8. The van der Waals surface area contributed by atoms with Crippen LogP contribution in [0.4, 0.5) is 5.69 Å². The Kier molecular flexibility index (Phi) is 9.04. The van der Waals surface area contributed by atoms with Crippen LogP contribution in [0.5, 0.6) is 0 Å². The molecule has 320 valence electrons. The van der Waals surface area contributed by atoms with Gasteiger partial charge in [-0.15, -0.1) is 0 Å². The first-order valence-corrected chi connectivity index (χ1v) is 24.3. The monoisotopic (exact) mass is 850 g/mol. The third-order valence-corrected chi connectivity index (χ3v) is 16.3. The number of rotatable bonds is 7. The lowest BCUT2D eigenvalue weighted by molar-refractivity contribution is 0.107. The normalized spacial score (nSPS) is 21.7. The molecule has 4 aliphatic carbocycles. The van der Waals surface area contributed by atoms with E-state index in [4.69, 9.17) is 0 Å². The van der Waals surface area contributed by atoms with Gasteiger partial charge in [-0.05, 0) is 172 Å². The lowest BCUT2D eigenvalue weighted by atomic mass is 9.54. The average molecular weight is 851 g/mol. The molecule has 1 N–H and O–H groups in total. The Morgan fingerprint density at radius 3 is 2.06 bits per heavy atom. The third kappa shape index (κ3) is 6.14. The van der Waals surface area contributed by atoms with E-state index in [9.17, 15) is 0 Å². The first-order valence-electron chi connectivity index (χ1n) is 24.3. The second-order valence-corrected chi connectivity index (χ2v) is 20.1. The molecule has 66 heavy (non-hydrogen) atoms. The van der Waals surface area contributed by atoms with E-state index in [1.807, 2.05) is 0 Å². The minimum absolute atomic E-state index is 0.0992. The predicted octanol–water partition coefficient (Wildman–Crippen LogP) is 17.1. The summed E-state index contributed by atoms with van der Waals surface area (Å²) in [5, 5.41) is 6.34. The van der Waals surface area contributed by atoms with E-state index in [1.54, 1.807) is 11.1 Å². The van der Waals surface area contributed by atoms with Crippen LogP contribution in [0.25, 0.3) is 77.6 Å². The van der Waals surface area contributed by atoms with Crippen LogP contribution in [0.1, 0.15) is 69.1 Å². The number of hydrogen-bond acceptors (Lipinski definition) is 1. The lowest BCUT2D eigenvalue weighted by Crippen LogP contribution is -2.45. The number of para-hydroxylation sites is 1. The van der Waals surface area contributed by atoms with E-state index in [2.05, 4.69) is 224 Å². The van der Waals surface area contributed by atoms with E-state index < -0.39 is 0 Å². The zero-order valence-corrected chi connectivity index (χ0v) is 37.9. The molecule has 2 fully saturated rings. The van der Waals surface area contributed by atoms with E-state index in [0.29, 0.717) is 17.3 Å². The quantitative estimate of drug-likeness (QED) is 0.169. The number of nitrogens with one attached hydrogen (secondary N) is 1. The molecule has 0 saturated heterocycles. The Morgan fingerprint density at radius 1 is 0.530 bits per heavy atom. The van der Waals surface area contributed by atoms with E-state index in [0.717, 1.165) is 18.5 Å². The molecule has 2 heteroatoms. The molecule has 13 rings (SSSR count).